The molecule has 0 radical (unpaired) electrons. The summed E-state index contributed by atoms with van der Waals surface area (Å²) < 4.78 is 29.4. The number of sulfonamides is 1. The molecule has 2 N–H and O–H groups in total. The zero-order chi connectivity index (χ0) is 25.2. The Morgan fingerprint density at radius 2 is 1.91 bits per heavy atom. The Balaban J connectivity index is 1.70. The minimum atomic E-state index is -4.17. The summed E-state index contributed by atoms with van der Waals surface area (Å²) in [5.41, 5.74) is 2.40. The van der Waals surface area contributed by atoms with E-state index in [9.17, 15) is 28.0 Å². The van der Waals surface area contributed by atoms with Gasteiger partial charge in [-0.25, -0.2) is 18.7 Å². The summed E-state index contributed by atoms with van der Waals surface area (Å²) in [5, 5.41) is 12.2. The van der Waals surface area contributed by atoms with E-state index >= 15 is 0 Å². The first-order valence-corrected chi connectivity index (χ1v) is 13.2. The fourth-order valence-corrected chi connectivity index (χ4v) is 6.50. The van der Waals surface area contributed by atoms with Gasteiger partial charge in [0.05, 0.1) is 5.75 Å². The number of hydroxylamine groups is 1. The zero-order valence-electron chi connectivity index (χ0n) is 18.8. The van der Waals surface area contributed by atoms with Gasteiger partial charge >= 0.3 is 6.03 Å². The lowest BCUT2D eigenvalue weighted by atomic mass is 10.1. The number of thiophene rings is 1. The third-order valence-corrected chi connectivity index (χ3v) is 8.46. The molecule has 0 aliphatic carbocycles. The highest BCUT2D eigenvalue weighted by molar-refractivity contribution is 7.88. The molecule has 1 aliphatic heterocycles. The smallest absolute Gasteiger partial charge is 0.318 e. The maximum absolute atomic E-state index is 13.7. The van der Waals surface area contributed by atoms with Crippen LogP contribution >= 0.6 is 11.3 Å². The normalized spacial score (nSPS) is 15.3. The quantitative estimate of drug-likeness (QED) is 0.255. The fraction of sp³-hybridized carbons (Fsp3) is 0.261. The highest BCUT2D eigenvalue weighted by atomic mass is 32.2. The molecule has 0 saturated carbocycles. The molecule has 2 aromatic carbocycles. The number of nitrogens with zero attached hydrogens (tertiary/aromatic N) is 3. The Kier molecular flexibility index (Phi) is 7.17. The number of hydrogen-bond donors (Lipinski definition) is 2. The number of urea groups is 1. The number of nitrogens with one attached hydrogen (secondary N) is 1. The summed E-state index contributed by atoms with van der Waals surface area (Å²) in [6, 6.07) is 13.4. The van der Waals surface area contributed by atoms with Gasteiger partial charge in [0.2, 0.25) is 15.9 Å². The van der Waals surface area contributed by atoms with E-state index in [4.69, 9.17) is 0 Å². The molecule has 1 atom stereocenters. The summed E-state index contributed by atoms with van der Waals surface area (Å²) in [4.78, 5) is 39.5. The summed E-state index contributed by atoms with van der Waals surface area (Å²) in [6.45, 7) is -0.681. The third-order valence-electron chi connectivity index (χ3n) is 5.76. The van der Waals surface area contributed by atoms with Crippen LogP contribution in [0.25, 0.3) is 10.1 Å². The maximum Gasteiger partial charge on any atom is 0.327 e. The number of fused-ring (bicyclic) bond motifs is 1. The van der Waals surface area contributed by atoms with Crippen molar-refractivity contribution in [3.8, 4) is 0 Å². The molecule has 0 unspecified atom stereocenters. The van der Waals surface area contributed by atoms with Crippen LogP contribution in [0.3, 0.4) is 0 Å². The van der Waals surface area contributed by atoms with Crippen molar-refractivity contribution in [3.05, 3.63) is 71.1 Å². The van der Waals surface area contributed by atoms with E-state index in [-0.39, 0.29) is 19.6 Å². The summed E-state index contributed by atoms with van der Waals surface area (Å²) >= 11 is 1.54. The van der Waals surface area contributed by atoms with E-state index < -0.39 is 39.7 Å². The van der Waals surface area contributed by atoms with Gasteiger partial charge in [-0.15, -0.1) is 11.3 Å². The van der Waals surface area contributed by atoms with E-state index in [1.165, 1.54) is 23.3 Å². The second-order valence-corrected chi connectivity index (χ2v) is 11.0. The van der Waals surface area contributed by atoms with Crippen LogP contribution in [-0.4, -0.2) is 72.3 Å². The average Bonchev–Trinajstić information content (AvgIpc) is 3.39. The van der Waals surface area contributed by atoms with Gasteiger partial charge in [-0.1, -0.05) is 36.4 Å². The predicted octanol–water partition coefficient (Wildman–Crippen LogP) is 2.17. The first-order chi connectivity index (χ1) is 16.7. The summed E-state index contributed by atoms with van der Waals surface area (Å²) in [6.07, 6.45) is 0. The van der Waals surface area contributed by atoms with Gasteiger partial charge in [0.25, 0.3) is 5.91 Å². The van der Waals surface area contributed by atoms with Gasteiger partial charge in [0.15, 0.2) is 0 Å². The van der Waals surface area contributed by atoms with E-state index in [0.29, 0.717) is 11.1 Å². The molecule has 0 bridgehead atoms. The molecule has 0 spiro atoms. The van der Waals surface area contributed by atoms with Crippen LogP contribution in [0.2, 0.25) is 0 Å². The van der Waals surface area contributed by atoms with Crippen molar-refractivity contribution in [3.63, 3.8) is 0 Å². The van der Waals surface area contributed by atoms with Crippen LogP contribution < -0.4 is 5.48 Å². The van der Waals surface area contributed by atoms with Crippen LogP contribution in [0.15, 0.2) is 60.0 Å². The lowest BCUT2D eigenvalue weighted by Gasteiger charge is -2.31. The van der Waals surface area contributed by atoms with Gasteiger partial charge in [-0.05, 0) is 40.1 Å². The van der Waals surface area contributed by atoms with Crippen LogP contribution in [0.4, 0.5) is 4.79 Å². The minimum absolute atomic E-state index is 0.106. The van der Waals surface area contributed by atoms with Crippen molar-refractivity contribution >= 4 is 49.3 Å². The minimum Gasteiger partial charge on any atom is -0.318 e. The monoisotopic (exact) mass is 516 g/mol. The van der Waals surface area contributed by atoms with Gasteiger partial charge in [-0.2, -0.15) is 4.31 Å². The van der Waals surface area contributed by atoms with E-state index in [1.54, 1.807) is 47.9 Å². The van der Waals surface area contributed by atoms with E-state index in [0.717, 1.165) is 19.3 Å². The van der Waals surface area contributed by atoms with Crippen molar-refractivity contribution in [2.24, 2.45) is 0 Å². The number of likely N-dealkylation sites (N-methyl/N-ethyl adjacent to an activating group) is 1. The third kappa shape index (κ3) is 5.20. The Morgan fingerprint density at radius 1 is 1.17 bits per heavy atom. The molecule has 1 saturated heterocycles. The van der Waals surface area contributed by atoms with E-state index in [1.807, 2.05) is 17.5 Å². The molecule has 10 nitrogen and oxygen atoms in total. The number of carbonyl (C=O) groups excluding carboxylic acids is 3. The molecule has 4 rings (SSSR count). The first kappa shape index (κ1) is 24.8. The first-order valence-electron chi connectivity index (χ1n) is 10.7. The highest BCUT2D eigenvalue weighted by Crippen LogP contribution is 2.28. The molecular formula is C23H24N4O6S2. The van der Waals surface area contributed by atoms with Crippen LogP contribution in [0.5, 0.6) is 0 Å². The topological polar surface area (TPSA) is 127 Å². The molecule has 12 heteroatoms. The number of hydrogen-bond acceptors (Lipinski definition) is 7. The number of imide groups is 1. The standard InChI is InChI=1S/C23H24N4O6S2/c1-25-14-20(28)26(23(25)30)10-11-27(21(22(29)24-31)17-5-3-2-4-6-17)35(32,33)15-16-7-8-19-18(13-16)9-12-34-19/h2-9,12-13,21,31H,10-11,14-15H2,1H3,(H,24,29)/t21-/m1/s1. The second-order valence-electron chi connectivity index (χ2n) is 8.13. The molecule has 184 valence electrons. The Bertz CT molecular complexity index is 1360. The van der Waals surface area contributed by atoms with Crippen LogP contribution in [-0.2, 0) is 25.4 Å². The Morgan fingerprint density at radius 3 is 2.57 bits per heavy atom. The predicted molar refractivity (Wildman–Crippen MR) is 130 cm³/mol. The Hall–Kier alpha value is -3.32. The molecule has 1 aliphatic rings. The van der Waals surface area contributed by atoms with Gasteiger partial charge in [-0.3, -0.25) is 19.7 Å². The lowest BCUT2D eigenvalue weighted by Crippen LogP contribution is -2.47. The molecule has 35 heavy (non-hydrogen) atoms. The zero-order valence-corrected chi connectivity index (χ0v) is 20.5. The van der Waals surface area contributed by atoms with Gasteiger partial charge < -0.3 is 4.90 Å². The number of carbonyl (C=O) groups is 3. The average molecular weight is 517 g/mol. The number of amides is 4. The largest absolute Gasteiger partial charge is 0.327 e. The van der Waals surface area contributed by atoms with Crippen molar-refractivity contribution in [2.45, 2.75) is 11.8 Å². The van der Waals surface area contributed by atoms with E-state index in [2.05, 4.69) is 0 Å². The molecule has 4 amide bonds. The fourth-order valence-electron chi connectivity index (χ4n) is 4.06. The number of benzene rings is 2. The molecule has 2 heterocycles. The van der Waals surface area contributed by atoms with Crippen LogP contribution in [0.1, 0.15) is 17.2 Å². The van der Waals surface area contributed by atoms with Crippen molar-refractivity contribution in [1.82, 2.24) is 19.6 Å². The summed E-state index contributed by atoms with van der Waals surface area (Å²) in [7, 11) is -2.69. The Labute approximate surface area is 206 Å². The van der Waals surface area contributed by atoms with Gasteiger partial charge in [0, 0.05) is 24.8 Å². The molecule has 3 aromatic rings. The highest BCUT2D eigenvalue weighted by Gasteiger charge is 2.39. The summed E-state index contributed by atoms with van der Waals surface area (Å²) in [5.74, 6) is -1.83. The van der Waals surface area contributed by atoms with Crippen molar-refractivity contribution < 1.29 is 28.0 Å². The van der Waals surface area contributed by atoms with Gasteiger partial charge in [0.1, 0.15) is 12.6 Å². The molecule has 1 aromatic heterocycles. The number of rotatable bonds is 9. The SMILES string of the molecule is CN1CC(=O)N(CCN([C@@H](C(=O)NO)c2ccccc2)S(=O)(=O)Cc2ccc3sccc3c2)C1=O. The lowest BCUT2D eigenvalue weighted by molar-refractivity contribution is -0.133. The maximum atomic E-state index is 13.7. The molecule has 1 fully saturated rings. The molecular weight excluding hydrogens is 492 g/mol. The van der Waals surface area contributed by atoms with Crippen molar-refractivity contribution in [1.29, 1.82) is 0 Å². The second kappa shape index (κ2) is 10.1. The van der Waals surface area contributed by atoms with Crippen molar-refractivity contribution in [2.75, 3.05) is 26.7 Å². The van der Waals surface area contributed by atoms with Crippen LogP contribution in [0, 0.1) is 0 Å².